The molecule has 0 saturated heterocycles. The topological polar surface area (TPSA) is 63.1 Å². The van der Waals surface area contributed by atoms with Gasteiger partial charge in [0.25, 0.3) is 0 Å². The van der Waals surface area contributed by atoms with Crippen molar-refractivity contribution in [1.29, 1.82) is 0 Å². The van der Waals surface area contributed by atoms with Gasteiger partial charge in [-0.25, -0.2) is 9.97 Å². The van der Waals surface area contributed by atoms with Crippen LogP contribution in [0.15, 0.2) is 18.6 Å². The van der Waals surface area contributed by atoms with Crippen LogP contribution < -0.4 is 0 Å². The second-order valence-corrected chi connectivity index (χ2v) is 2.05. The van der Waals surface area contributed by atoms with Crippen molar-refractivity contribution in [2.45, 2.75) is 12.5 Å². The Kier molecular flexibility index (Phi) is 2.68. The zero-order valence-corrected chi connectivity index (χ0v) is 5.84. The van der Waals surface area contributed by atoms with E-state index in [1.54, 1.807) is 6.07 Å². The molecule has 1 aromatic heterocycles. The van der Waals surface area contributed by atoms with E-state index in [4.69, 9.17) is 0 Å². The van der Waals surface area contributed by atoms with E-state index in [0.717, 1.165) is 0 Å². The number of aliphatic hydroxyl groups excluding tert-OH is 1. The maximum atomic E-state index is 9.99. The molecule has 0 radical (unpaired) electrons. The van der Waals surface area contributed by atoms with E-state index in [9.17, 15) is 9.90 Å². The van der Waals surface area contributed by atoms with E-state index in [1.807, 2.05) is 0 Å². The second-order valence-electron chi connectivity index (χ2n) is 2.05. The van der Waals surface area contributed by atoms with Crippen LogP contribution in [0.5, 0.6) is 0 Å². The highest BCUT2D eigenvalue weighted by Crippen LogP contribution is 2.09. The number of aldehydes is 1. The van der Waals surface area contributed by atoms with Crippen molar-refractivity contribution in [2.75, 3.05) is 0 Å². The minimum absolute atomic E-state index is 0.0804. The van der Waals surface area contributed by atoms with Crippen LogP contribution in [-0.4, -0.2) is 21.4 Å². The molecule has 4 heteroatoms. The van der Waals surface area contributed by atoms with Crippen LogP contribution in [0.2, 0.25) is 0 Å². The molecule has 0 aliphatic carbocycles. The van der Waals surface area contributed by atoms with Crippen molar-refractivity contribution in [3.8, 4) is 0 Å². The fourth-order valence-electron chi connectivity index (χ4n) is 0.710. The Bertz CT molecular complexity index is 225. The Hall–Kier alpha value is -1.29. The van der Waals surface area contributed by atoms with Crippen molar-refractivity contribution in [1.82, 2.24) is 9.97 Å². The number of hydrogen-bond acceptors (Lipinski definition) is 4. The first-order valence-electron chi connectivity index (χ1n) is 3.22. The highest BCUT2D eigenvalue weighted by Gasteiger charge is 2.06. The molecule has 0 saturated carbocycles. The summed E-state index contributed by atoms with van der Waals surface area (Å²) < 4.78 is 0. The number of rotatable bonds is 3. The van der Waals surface area contributed by atoms with E-state index >= 15 is 0 Å². The molecule has 58 valence electrons. The fraction of sp³-hybridized carbons (Fsp3) is 0.286. The Morgan fingerprint density at radius 3 is 3.09 bits per heavy atom. The predicted octanol–water partition coefficient (Wildman–Crippen LogP) is 0.0990. The van der Waals surface area contributed by atoms with Crippen LogP contribution in [0, 0.1) is 0 Å². The van der Waals surface area contributed by atoms with Gasteiger partial charge in [0.2, 0.25) is 0 Å². The van der Waals surface area contributed by atoms with Crippen LogP contribution in [-0.2, 0) is 4.79 Å². The lowest BCUT2D eigenvalue weighted by atomic mass is 10.2. The summed E-state index contributed by atoms with van der Waals surface area (Å²) in [6.07, 6.45) is 2.80. The van der Waals surface area contributed by atoms with Crippen molar-refractivity contribution in [2.24, 2.45) is 0 Å². The summed E-state index contributed by atoms with van der Waals surface area (Å²) in [5, 5.41) is 9.20. The van der Waals surface area contributed by atoms with Crippen LogP contribution >= 0.6 is 0 Å². The molecule has 0 aliphatic rings. The lowest BCUT2D eigenvalue weighted by Gasteiger charge is -2.03. The van der Waals surface area contributed by atoms with Crippen LogP contribution in [0.1, 0.15) is 18.2 Å². The maximum Gasteiger partial charge on any atom is 0.122 e. The molecule has 0 spiro atoms. The van der Waals surface area contributed by atoms with Gasteiger partial charge in [0.1, 0.15) is 18.7 Å². The lowest BCUT2D eigenvalue weighted by molar-refractivity contribution is -0.109. The normalized spacial score (nSPS) is 12.5. The van der Waals surface area contributed by atoms with E-state index in [0.29, 0.717) is 12.0 Å². The summed E-state index contributed by atoms with van der Waals surface area (Å²) in [5.41, 5.74) is 0.479. The molecular weight excluding hydrogens is 144 g/mol. The van der Waals surface area contributed by atoms with Crippen molar-refractivity contribution in [3.63, 3.8) is 0 Å². The van der Waals surface area contributed by atoms with E-state index in [2.05, 4.69) is 9.97 Å². The molecule has 1 aromatic rings. The molecule has 1 rings (SSSR count). The number of aliphatic hydroxyl groups is 1. The van der Waals surface area contributed by atoms with Gasteiger partial charge in [-0.3, -0.25) is 0 Å². The van der Waals surface area contributed by atoms with Gasteiger partial charge in [0.05, 0.1) is 5.69 Å². The number of nitrogens with zero attached hydrogens (tertiary/aromatic N) is 2. The molecule has 1 atom stereocenters. The van der Waals surface area contributed by atoms with Gasteiger partial charge < -0.3 is 9.90 Å². The average molecular weight is 152 g/mol. The summed E-state index contributed by atoms with van der Waals surface area (Å²) in [6.45, 7) is 0. The van der Waals surface area contributed by atoms with Crippen LogP contribution in [0.3, 0.4) is 0 Å². The molecule has 0 aliphatic heterocycles. The summed E-state index contributed by atoms with van der Waals surface area (Å²) in [4.78, 5) is 17.4. The first-order chi connectivity index (χ1) is 5.34. The number of carbonyl (C=O) groups excluding carboxylic acids is 1. The highest BCUT2D eigenvalue weighted by atomic mass is 16.3. The van der Waals surface area contributed by atoms with Gasteiger partial charge in [0.15, 0.2) is 0 Å². The van der Waals surface area contributed by atoms with Gasteiger partial charge in [-0.05, 0) is 6.07 Å². The van der Waals surface area contributed by atoms with Gasteiger partial charge in [0, 0.05) is 12.6 Å². The van der Waals surface area contributed by atoms with Crippen molar-refractivity contribution < 1.29 is 9.90 Å². The Morgan fingerprint density at radius 1 is 1.73 bits per heavy atom. The van der Waals surface area contributed by atoms with Crippen molar-refractivity contribution in [3.05, 3.63) is 24.3 Å². The fourth-order valence-corrected chi connectivity index (χ4v) is 0.710. The zero-order valence-electron chi connectivity index (χ0n) is 5.84. The largest absolute Gasteiger partial charge is 0.386 e. The van der Waals surface area contributed by atoms with E-state index < -0.39 is 6.10 Å². The Morgan fingerprint density at radius 2 is 2.55 bits per heavy atom. The lowest BCUT2D eigenvalue weighted by Crippen LogP contribution is -2.00. The van der Waals surface area contributed by atoms with E-state index in [1.165, 1.54) is 12.5 Å². The average Bonchev–Trinajstić information content (AvgIpc) is 2.07. The third-order valence-corrected chi connectivity index (χ3v) is 1.27. The predicted molar refractivity (Wildman–Crippen MR) is 37.7 cm³/mol. The smallest absolute Gasteiger partial charge is 0.122 e. The van der Waals surface area contributed by atoms with Crippen LogP contribution in [0.25, 0.3) is 0 Å². The summed E-state index contributed by atoms with van der Waals surface area (Å²) in [6, 6.07) is 1.58. The molecule has 11 heavy (non-hydrogen) atoms. The molecule has 0 fully saturated rings. The molecule has 1 N–H and O–H groups in total. The summed E-state index contributed by atoms with van der Waals surface area (Å²) in [7, 11) is 0. The first-order valence-corrected chi connectivity index (χ1v) is 3.22. The molecule has 0 bridgehead atoms. The minimum Gasteiger partial charge on any atom is -0.386 e. The molecular formula is C7H8N2O2. The number of carbonyl (C=O) groups is 1. The van der Waals surface area contributed by atoms with Gasteiger partial charge in [-0.2, -0.15) is 0 Å². The number of aromatic nitrogens is 2. The van der Waals surface area contributed by atoms with Crippen LogP contribution in [0.4, 0.5) is 0 Å². The van der Waals surface area contributed by atoms with Crippen molar-refractivity contribution >= 4 is 6.29 Å². The van der Waals surface area contributed by atoms with Gasteiger partial charge in [-0.1, -0.05) is 0 Å². The molecule has 4 nitrogen and oxygen atoms in total. The molecule has 0 aromatic carbocycles. The summed E-state index contributed by atoms with van der Waals surface area (Å²) in [5.74, 6) is 0. The van der Waals surface area contributed by atoms with Gasteiger partial charge >= 0.3 is 0 Å². The van der Waals surface area contributed by atoms with E-state index in [-0.39, 0.29) is 6.42 Å². The molecule has 1 unspecified atom stereocenters. The SMILES string of the molecule is O=CCC(O)c1ccncn1. The minimum atomic E-state index is -0.796. The highest BCUT2D eigenvalue weighted by molar-refractivity contribution is 5.50. The molecule has 0 amide bonds. The first kappa shape index (κ1) is 7.81. The maximum absolute atomic E-state index is 9.99. The molecule has 1 heterocycles. The quantitative estimate of drug-likeness (QED) is 0.624. The monoisotopic (exact) mass is 152 g/mol. The third-order valence-electron chi connectivity index (χ3n) is 1.27. The third kappa shape index (κ3) is 2.09. The zero-order chi connectivity index (χ0) is 8.10. The Balaban J connectivity index is 2.68. The summed E-state index contributed by atoms with van der Waals surface area (Å²) >= 11 is 0. The van der Waals surface area contributed by atoms with Gasteiger partial charge in [-0.15, -0.1) is 0 Å². The standard InChI is InChI=1S/C7H8N2O2/c10-4-2-7(11)6-1-3-8-5-9-6/h1,3-5,7,11H,2H2. The number of hydrogen-bond donors (Lipinski definition) is 1. The second kappa shape index (κ2) is 3.78. The Labute approximate surface area is 63.9 Å².